The van der Waals surface area contributed by atoms with Gasteiger partial charge in [-0.25, -0.2) is 0 Å². The van der Waals surface area contributed by atoms with Gasteiger partial charge in [0, 0.05) is 48.3 Å². The smallest absolute Gasteiger partial charge is 0.251 e. The summed E-state index contributed by atoms with van der Waals surface area (Å²) < 4.78 is 0. The highest BCUT2D eigenvalue weighted by Gasteiger charge is 2.36. The van der Waals surface area contributed by atoms with Gasteiger partial charge < -0.3 is 47.0 Å². The second-order valence-electron chi connectivity index (χ2n) is 16.1. The number of rotatable bonds is 12. The maximum absolute atomic E-state index is 14.6. The number of hydrogen-bond acceptors (Lipinski definition) is 9. The minimum Gasteiger partial charge on any atom is -0.507 e. The van der Waals surface area contributed by atoms with Gasteiger partial charge in [-0.15, -0.1) is 0 Å². The molecule has 0 aromatic heterocycles. The van der Waals surface area contributed by atoms with Gasteiger partial charge in [0.15, 0.2) is 0 Å². The van der Waals surface area contributed by atoms with E-state index in [1.54, 1.807) is 60.4 Å². The van der Waals surface area contributed by atoms with Gasteiger partial charge >= 0.3 is 0 Å². The fourth-order valence-electron chi connectivity index (χ4n) is 7.92. The Balaban J connectivity index is 1.30. The second-order valence-corrected chi connectivity index (χ2v) is 16.6. The number of fused-ring (bicyclic) bond motifs is 5. The van der Waals surface area contributed by atoms with Crippen molar-refractivity contribution in [1.29, 1.82) is 0 Å². The van der Waals surface area contributed by atoms with Crippen LogP contribution in [-0.2, 0) is 30.4 Å². The normalized spacial score (nSPS) is 18.6. The molecule has 332 valence electrons. The Labute approximate surface area is 371 Å². The molecular weight excluding hydrogens is 826 g/mol. The van der Waals surface area contributed by atoms with E-state index < -0.39 is 59.7 Å². The largest absolute Gasteiger partial charge is 0.507 e. The highest BCUT2D eigenvalue weighted by Crippen LogP contribution is 2.39. The Morgan fingerprint density at radius 2 is 1.46 bits per heavy atom. The van der Waals surface area contributed by atoms with Crippen molar-refractivity contribution in [2.24, 2.45) is 5.73 Å². The molecule has 0 unspecified atom stereocenters. The van der Waals surface area contributed by atoms with Crippen LogP contribution in [0.15, 0.2) is 84.9 Å². The molecule has 16 heteroatoms. The van der Waals surface area contributed by atoms with Crippen molar-refractivity contribution in [2.45, 2.75) is 82.6 Å². The predicted octanol–water partition coefficient (Wildman–Crippen LogP) is 4.19. The lowest BCUT2D eigenvalue weighted by Crippen LogP contribution is -2.57. The first-order chi connectivity index (χ1) is 30.1. The number of phenols is 2. The Kier molecular flexibility index (Phi) is 15.1. The summed E-state index contributed by atoms with van der Waals surface area (Å²) in [4.78, 5) is 86.3. The lowest BCUT2D eigenvalue weighted by Gasteiger charge is -2.32. The third-order valence-electron chi connectivity index (χ3n) is 11.5. The van der Waals surface area contributed by atoms with Crippen LogP contribution in [0, 0.1) is 0 Å². The quantitative estimate of drug-likeness (QED) is 0.101. The molecule has 4 bridgehead atoms. The van der Waals surface area contributed by atoms with Gasteiger partial charge in [-0.2, -0.15) is 0 Å². The molecule has 0 aliphatic carbocycles. The number of likely N-dealkylation sites (tertiary alicyclic amines) is 1. The number of benzene rings is 4. The van der Waals surface area contributed by atoms with Gasteiger partial charge in [-0.1, -0.05) is 48.0 Å². The van der Waals surface area contributed by atoms with Gasteiger partial charge in [-0.05, 0) is 123 Å². The van der Waals surface area contributed by atoms with Crippen LogP contribution in [0.4, 0.5) is 0 Å². The molecule has 63 heavy (non-hydrogen) atoms. The number of nitrogens with two attached hydrogens (primary N) is 1. The van der Waals surface area contributed by atoms with Crippen molar-refractivity contribution in [3.63, 3.8) is 0 Å². The number of likely N-dealkylation sites (N-methyl/N-ethyl adjacent to an activating group) is 1. The maximum Gasteiger partial charge on any atom is 0.251 e. The summed E-state index contributed by atoms with van der Waals surface area (Å²) >= 11 is 6.05. The van der Waals surface area contributed by atoms with E-state index >= 15 is 0 Å². The van der Waals surface area contributed by atoms with Gasteiger partial charge in [0.25, 0.3) is 5.91 Å². The second kappa shape index (κ2) is 20.6. The summed E-state index contributed by atoms with van der Waals surface area (Å²) in [7, 11) is 1.40. The van der Waals surface area contributed by atoms with E-state index in [-0.39, 0.29) is 46.9 Å². The van der Waals surface area contributed by atoms with Gasteiger partial charge in [0.2, 0.25) is 29.5 Å². The third-order valence-corrected chi connectivity index (χ3v) is 11.8. The van der Waals surface area contributed by atoms with Gasteiger partial charge in [-0.3, -0.25) is 28.8 Å². The van der Waals surface area contributed by atoms with Crippen LogP contribution >= 0.6 is 11.6 Å². The lowest BCUT2D eigenvalue weighted by molar-refractivity contribution is -0.141. The molecule has 6 amide bonds. The van der Waals surface area contributed by atoms with Crippen LogP contribution in [0.5, 0.6) is 11.5 Å². The molecule has 0 spiro atoms. The van der Waals surface area contributed by atoms with Crippen LogP contribution in [-0.4, -0.2) is 106 Å². The van der Waals surface area contributed by atoms with Crippen LogP contribution in [0.2, 0.25) is 5.02 Å². The van der Waals surface area contributed by atoms with Crippen molar-refractivity contribution in [1.82, 2.24) is 31.1 Å². The number of amides is 6. The first kappa shape index (κ1) is 46.1. The molecule has 2 aliphatic rings. The van der Waals surface area contributed by atoms with Crippen molar-refractivity contribution in [3.8, 4) is 33.8 Å². The Morgan fingerprint density at radius 3 is 2.11 bits per heavy atom. The number of carbonyl (C=O) groups excluding carboxylic acids is 6. The molecule has 2 heterocycles. The number of phenolic OH excluding ortho intramolecular Hbond substituents is 2. The molecule has 0 saturated carbocycles. The van der Waals surface area contributed by atoms with Crippen molar-refractivity contribution in [2.75, 3.05) is 26.7 Å². The average molecular weight is 880 g/mol. The Bertz CT molecular complexity index is 2340. The lowest BCUT2D eigenvalue weighted by atomic mass is 9.93. The predicted molar refractivity (Wildman–Crippen MR) is 238 cm³/mol. The first-order valence-electron chi connectivity index (χ1n) is 21.1. The molecule has 2 aliphatic heterocycles. The topological polar surface area (TPSA) is 224 Å². The minimum absolute atomic E-state index is 0.0692. The SMILES string of the molecule is C[C@@H]1NC(=O)[C@@H](N(C)C(=O)[C@H](CCCCN)NC(=O)c2ccc(-c3ccc(Cl)cc3)cc2)c2ccc(O)c(c2)-c2cc(ccc2O)C[C@@H](C(=O)N[C@@H](C)C(=O)N2CCCC2)NC1=O. The molecule has 1 saturated heterocycles. The zero-order valence-corrected chi connectivity index (χ0v) is 36.3. The van der Waals surface area contributed by atoms with Crippen LogP contribution in [0.3, 0.4) is 0 Å². The summed E-state index contributed by atoms with van der Waals surface area (Å²) in [5.74, 6) is -4.00. The van der Waals surface area contributed by atoms with E-state index in [4.69, 9.17) is 17.3 Å². The van der Waals surface area contributed by atoms with E-state index in [1.165, 1.54) is 43.1 Å². The van der Waals surface area contributed by atoms with E-state index in [1.807, 2.05) is 12.1 Å². The summed E-state index contributed by atoms with van der Waals surface area (Å²) in [5.41, 5.74) is 8.85. The molecule has 8 N–H and O–H groups in total. The monoisotopic (exact) mass is 879 g/mol. The molecule has 5 atom stereocenters. The highest BCUT2D eigenvalue weighted by molar-refractivity contribution is 6.30. The number of aromatic hydroxyl groups is 2. The van der Waals surface area contributed by atoms with E-state index in [0.29, 0.717) is 48.6 Å². The Morgan fingerprint density at radius 1 is 0.841 bits per heavy atom. The highest BCUT2D eigenvalue weighted by atomic mass is 35.5. The summed E-state index contributed by atoms with van der Waals surface area (Å²) in [6.07, 6.45) is 2.90. The molecule has 4 aromatic carbocycles. The summed E-state index contributed by atoms with van der Waals surface area (Å²) in [6, 6.07) is 17.0. The van der Waals surface area contributed by atoms with E-state index in [0.717, 1.165) is 24.0 Å². The van der Waals surface area contributed by atoms with Crippen molar-refractivity contribution in [3.05, 3.63) is 107 Å². The third kappa shape index (κ3) is 11.1. The zero-order chi connectivity index (χ0) is 45.4. The molecular formula is C47H54ClN7O8. The molecule has 4 aromatic rings. The minimum atomic E-state index is -1.43. The number of halogens is 1. The number of nitrogens with zero attached hydrogens (tertiary/aromatic N) is 2. The molecule has 0 radical (unpaired) electrons. The van der Waals surface area contributed by atoms with Crippen molar-refractivity contribution >= 4 is 47.0 Å². The number of nitrogens with one attached hydrogen (secondary N) is 4. The fourth-order valence-corrected chi connectivity index (χ4v) is 8.05. The molecule has 1 fully saturated rings. The van der Waals surface area contributed by atoms with Crippen molar-refractivity contribution < 1.29 is 39.0 Å². The van der Waals surface area contributed by atoms with Crippen LogP contribution in [0.1, 0.15) is 73.5 Å². The summed E-state index contributed by atoms with van der Waals surface area (Å²) in [6.45, 7) is 4.54. The molecule has 6 rings (SSSR count). The van der Waals surface area contributed by atoms with E-state index in [2.05, 4.69) is 21.3 Å². The first-order valence-corrected chi connectivity index (χ1v) is 21.5. The van der Waals surface area contributed by atoms with Gasteiger partial charge in [0.05, 0.1) is 0 Å². The summed E-state index contributed by atoms with van der Waals surface area (Å²) in [5, 5.41) is 33.9. The van der Waals surface area contributed by atoms with Crippen LogP contribution in [0.25, 0.3) is 22.3 Å². The standard InChI is InChI=1S/C47H54ClN7O8/c1-27-42(58)53-38(44(60)51-28(2)46(62)55-22-6-7-23-55)25-29-9-19-39(56)35(24-29)36-26-33(16-20-40(36)57)41(45(61)50-27)54(3)47(63)37(8-4-5-21-49)52-43(59)32-12-10-30(11-13-32)31-14-17-34(48)18-15-31/h9-20,24,26-28,37-38,41,56-57H,4-8,21-23,25,49H2,1-3H3,(H,50,61)(H,51,60)(H,52,59)(H,53,58)/t27-,28-,37-,38-,41-/m0/s1. The number of unbranched alkanes of at least 4 members (excludes halogenated alkanes) is 1. The number of carbonyl (C=O) groups is 6. The molecule has 15 nitrogen and oxygen atoms in total. The zero-order valence-electron chi connectivity index (χ0n) is 35.5. The Hall–Kier alpha value is -6.45. The number of hydrogen-bond donors (Lipinski definition) is 7. The maximum atomic E-state index is 14.6. The van der Waals surface area contributed by atoms with E-state index in [9.17, 15) is 39.0 Å². The van der Waals surface area contributed by atoms with Gasteiger partial charge in [0.1, 0.15) is 41.7 Å². The van der Waals surface area contributed by atoms with Crippen LogP contribution < -0.4 is 27.0 Å². The fraction of sp³-hybridized carbons (Fsp3) is 0.362. The average Bonchev–Trinajstić information content (AvgIpc) is 3.82.